The first-order valence-electron chi connectivity index (χ1n) is 8.46. The van der Waals surface area contributed by atoms with Crippen molar-refractivity contribution in [3.63, 3.8) is 0 Å². The van der Waals surface area contributed by atoms with Crippen LogP contribution in [0.5, 0.6) is 0 Å². The largest absolute Gasteiger partial charge is 0.349 e. The zero-order valence-electron chi connectivity index (χ0n) is 15.0. The normalized spacial score (nSPS) is 11.4. The molecule has 0 saturated heterocycles. The van der Waals surface area contributed by atoms with E-state index in [4.69, 9.17) is 11.6 Å². The third-order valence-electron chi connectivity index (χ3n) is 4.18. The van der Waals surface area contributed by atoms with Gasteiger partial charge in [-0.1, -0.05) is 25.4 Å². The molecule has 0 fully saturated rings. The smallest absolute Gasteiger partial charge is 0.261 e. The maximum atomic E-state index is 12.5. The molecule has 7 heteroatoms. The van der Waals surface area contributed by atoms with Gasteiger partial charge in [0, 0.05) is 16.6 Å². The van der Waals surface area contributed by atoms with Gasteiger partial charge in [-0.25, -0.2) is 8.42 Å². The lowest BCUT2D eigenvalue weighted by Gasteiger charge is -2.16. The quantitative estimate of drug-likeness (QED) is 0.732. The van der Waals surface area contributed by atoms with Crippen LogP contribution in [0.4, 0.5) is 5.69 Å². The Morgan fingerprint density at radius 3 is 2.23 bits per heavy atom. The molecule has 2 aromatic rings. The molecule has 0 spiro atoms. The summed E-state index contributed by atoms with van der Waals surface area (Å²) in [6.45, 7) is 5.80. The average molecular weight is 395 g/mol. The molecule has 5 nitrogen and oxygen atoms in total. The lowest BCUT2D eigenvalue weighted by Crippen LogP contribution is -2.33. The summed E-state index contributed by atoms with van der Waals surface area (Å²) < 4.78 is 27.5. The second-order valence-electron chi connectivity index (χ2n) is 6.08. The Morgan fingerprint density at radius 2 is 1.69 bits per heavy atom. The molecule has 2 rings (SSSR count). The van der Waals surface area contributed by atoms with Crippen molar-refractivity contribution in [1.82, 2.24) is 5.32 Å². The molecule has 1 amide bonds. The summed E-state index contributed by atoms with van der Waals surface area (Å²) in [4.78, 5) is 12.4. The van der Waals surface area contributed by atoms with Crippen LogP contribution in [0.1, 0.15) is 42.6 Å². The summed E-state index contributed by atoms with van der Waals surface area (Å²) in [6.07, 6.45) is 1.72. The first-order valence-corrected chi connectivity index (χ1v) is 10.3. The summed E-state index contributed by atoms with van der Waals surface area (Å²) in [5.41, 5.74) is 1.60. The van der Waals surface area contributed by atoms with Gasteiger partial charge in [-0.15, -0.1) is 0 Å². The van der Waals surface area contributed by atoms with Crippen LogP contribution < -0.4 is 10.0 Å². The van der Waals surface area contributed by atoms with E-state index in [0.29, 0.717) is 21.8 Å². The number of rotatable bonds is 7. The Morgan fingerprint density at radius 1 is 1.08 bits per heavy atom. The maximum absolute atomic E-state index is 12.5. The zero-order valence-corrected chi connectivity index (χ0v) is 16.6. The summed E-state index contributed by atoms with van der Waals surface area (Å²) >= 11 is 5.80. The monoisotopic (exact) mass is 394 g/mol. The molecular weight excluding hydrogens is 372 g/mol. The van der Waals surface area contributed by atoms with E-state index in [-0.39, 0.29) is 16.8 Å². The van der Waals surface area contributed by atoms with Crippen molar-refractivity contribution < 1.29 is 13.2 Å². The number of sulfonamides is 1. The highest BCUT2D eigenvalue weighted by Crippen LogP contribution is 2.22. The van der Waals surface area contributed by atoms with E-state index in [0.717, 1.165) is 12.8 Å². The van der Waals surface area contributed by atoms with Crippen LogP contribution in [0.3, 0.4) is 0 Å². The van der Waals surface area contributed by atoms with Gasteiger partial charge in [0.1, 0.15) is 0 Å². The predicted octanol–water partition coefficient (Wildman–Crippen LogP) is 4.37. The minimum atomic E-state index is -3.72. The highest BCUT2D eigenvalue weighted by molar-refractivity contribution is 7.92. The molecule has 26 heavy (non-hydrogen) atoms. The number of benzene rings is 2. The van der Waals surface area contributed by atoms with E-state index >= 15 is 0 Å². The van der Waals surface area contributed by atoms with Crippen LogP contribution in [-0.2, 0) is 10.0 Å². The lowest BCUT2D eigenvalue weighted by atomic mass is 10.1. The van der Waals surface area contributed by atoms with Gasteiger partial charge >= 0.3 is 0 Å². The molecular formula is C19H23ClN2O3S. The standard InChI is InChI=1S/C19H23ClN2O3S/c1-4-16(5-2)21-19(23)14-6-11-18(13(3)12-14)22-26(24,25)17-9-7-15(20)8-10-17/h6-12,16,22H,4-5H2,1-3H3,(H,21,23). The summed E-state index contributed by atoms with van der Waals surface area (Å²) in [5.74, 6) is -0.158. The van der Waals surface area contributed by atoms with Gasteiger partial charge in [0.2, 0.25) is 0 Å². The number of anilines is 1. The second-order valence-corrected chi connectivity index (χ2v) is 8.19. The summed E-state index contributed by atoms with van der Waals surface area (Å²) in [7, 11) is -3.72. The average Bonchev–Trinajstić information content (AvgIpc) is 2.61. The first kappa shape index (κ1) is 20.3. The number of amides is 1. The lowest BCUT2D eigenvalue weighted by molar-refractivity contribution is 0.0935. The predicted molar refractivity (Wildman–Crippen MR) is 105 cm³/mol. The Kier molecular flexibility index (Phi) is 6.67. The Hall–Kier alpha value is -2.05. The van der Waals surface area contributed by atoms with Gasteiger partial charge < -0.3 is 5.32 Å². The molecule has 0 saturated carbocycles. The van der Waals surface area contributed by atoms with Gasteiger partial charge in [0.05, 0.1) is 10.6 Å². The second kappa shape index (κ2) is 8.56. The molecule has 0 bridgehead atoms. The van der Waals surface area contributed by atoms with Crippen molar-refractivity contribution in [1.29, 1.82) is 0 Å². The van der Waals surface area contributed by atoms with E-state index in [1.54, 1.807) is 25.1 Å². The molecule has 0 radical (unpaired) electrons. The van der Waals surface area contributed by atoms with Crippen molar-refractivity contribution in [2.75, 3.05) is 4.72 Å². The van der Waals surface area contributed by atoms with E-state index < -0.39 is 10.0 Å². The number of nitrogens with one attached hydrogen (secondary N) is 2. The number of aryl methyl sites for hydroxylation is 1. The van der Waals surface area contributed by atoms with Crippen LogP contribution in [0, 0.1) is 6.92 Å². The molecule has 0 heterocycles. The fraction of sp³-hybridized carbons (Fsp3) is 0.316. The molecule has 0 atom stereocenters. The van der Waals surface area contributed by atoms with E-state index in [9.17, 15) is 13.2 Å². The number of hydrogen-bond acceptors (Lipinski definition) is 3. The number of carbonyl (C=O) groups excluding carboxylic acids is 1. The van der Waals surface area contributed by atoms with Gasteiger partial charge in [0.15, 0.2) is 0 Å². The van der Waals surface area contributed by atoms with E-state index in [2.05, 4.69) is 10.0 Å². The van der Waals surface area contributed by atoms with Crippen molar-refractivity contribution in [3.05, 3.63) is 58.6 Å². The molecule has 2 aromatic carbocycles. The zero-order chi connectivity index (χ0) is 19.3. The highest BCUT2D eigenvalue weighted by atomic mass is 35.5. The van der Waals surface area contributed by atoms with E-state index in [1.807, 2.05) is 13.8 Å². The summed E-state index contributed by atoms with van der Waals surface area (Å²) in [5, 5.41) is 3.43. The van der Waals surface area contributed by atoms with Gasteiger partial charge in [-0.2, -0.15) is 0 Å². The van der Waals surface area contributed by atoms with Crippen molar-refractivity contribution >= 4 is 33.2 Å². The third kappa shape index (κ3) is 4.99. The van der Waals surface area contributed by atoms with Gasteiger partial charge in [-0.3, -0.25) is 9.52 Å². The molecule has 0 aromatic heterocycles. The topological polar surface area (TPSA) is 75.3 Å². The Balaban J connectivity index is 2.19. The number of hydrogen-bond donors (Lipinski definition) is 2. The minimum absolute atomic E-state index is 0.122. The molecule has 0 aliphatic carbocycles. The van der Waals surface area contributed by atoms with Crippen molar-refractivity contribution in [3.8, 4) is 0 Å². The van der Waals surface area contributed by atoms with Crippen LogP contribution in [0.15, 0.2) is 47.4 Å². The molecule has 140 valence electrons. The van der Waals surface area contributed by atoms with Crippen LogP contribution in [-0.4, -0.2) is 20.4 Å². The third-order valence-corrected chi connectivity index (χ3v) is 5.81. The fourth-order valence-corrected chi connectivity index (χ4v) is 3.76. The van der Waals surface area contributed by atoms with Crippen molar-refractivity contribution in [2.24, 2.45) is 0 Å². The maximum Gasteiger partial charge on any atom is 0.261 e. The highest BCUT2D eigenvalue weighted by Gasteiger charge is 2.17. The number of halogens is 1. The minimum Gasteiger partial charge on any atom is -0.349 e. The molecule has 2 N–H and O–H groups in total. The van der Waals surface area contributed by atoms with Crippen molar-refractivity contribution in [2.45, 2.75) is 44.6 Å². The van der Waals surface area contributed by atoms with Crippen LogP contribution in [0.2, 0.25) is 5.02 Å². The first-order chi connectivity index (χ1) is 12.3. The Labute approximate surface area is 159 Å². The van der Waals surface area contributed by atoms with E-state index in [1.165, 1.54) is 24.3 Å². The Bertz CT molecular complexity index is 876. The van der Waals surface area contributed by atoms with Crippen LogP contribution in [0.25, 0.3) is 0 Å². The SMILES string of the molecule is CCC(CC)NC(=O)c1ccc(NS(=O)(=O)c2ccc(Cl)cc2)c(C)c1. The van der Waals surface area contributed by atoms with Gasteiger partial charge in [-0.05, 0) is 67.8 Å². The fourth-order valence-electron chi connectivity index (χ4n) is 2.50. The molecule has 0 aliphatic heterocycles. The molecule has 0 aliphatic rings. The molecule has 0 unspecified atom stereocenters. The summed E-state index contributed by atoms with van der Waals surface area (Å²) in [6, 6.07) is 11.0. The van der Waals surface area contributed by atoms with Crippen LogP contribution >= 0.6 is 11.6 Å². The number of carbonyl (C=O) groups is 1. The van der Waals surface area contributed by atoms with Gasteiger partial charge in [0.25, 0.3) is 15.9 Å².